The zero-order chi connectivity index (χ0) is 17.8. The molecule has 2 aromatic carbocycles. The quantitative estimate of drug-likeness (QED) is 0.529. The number of hydrogen-bond acceptors (Lipinski definition) is 3. The minimum atomic E-state index is -0.336. The number of amides is 2. The third-order valence-electron chi connectivity index (χ3n) is 3.32. The van der Waals surface area contributed by atoms with Crippen LogP contribution < -0.4 is 10.6 Å². The first-order valence-electron chi connectivity index (χ1n) is 7.24. The minimum absolute atomic E-state index is 0.228. The molecular formula is C18H12ClIN2O3. The van der Waals surface area contributed by atoms with Crippen LogP contribution in [0.2, 0.25) is 5.02 Å². The molecule has 3 aromatic rings. The Kier molecular flexibility index (Phi) is 5.40. The van der Waals surface area contributed by atoms with Gasteiger partial charge in [0.2, 0.25) is 0 Å². The molecule has 0 fully saturated rings. The largest absolute Gasteiger partial charge is 0.459 e. The number of rotatable bonds is 4. The fraction of sp³-hybridized carbons (Fsp3) is 0. The maximum Gasteiger partial charge on any atom is 0.291 e. The van der Waals surface area contributed by atoms with Crippen molar-refractivity contribution in [2.75, 3.05) is 10.6 Å². The van der Waals surface area contributed by atoms with Gasteiger partial charge in [-0.1, -0.05) is 11.6 Å². The second kappa shape index (κ2) is 7.71. The molecule has 1 aromatic heterocycles. The highest BCUT2D eigenvalue weighted by Crippen LogP contribution is 2.20. The van der Waals surface area contributed by atoms with Gasteiger partial charge >= 0.3 is 0 Å². The Morgan fingerprint density at radius 3 is 2.12 bits per heavy atom. The van der Waals surface area contributed by atoms with Crippen LogP contribution in [0.1, 0.15) is 20.9 Å². The summed E-state index contributed by atoms with van der Waals surface area (Å²) in [5, 5.41) is 6.10. The van der Waals surface area contributed by atoms with E-state index >= 15 is 0 Å². The average molecular weight is 467 g/mol. The molecule has 0 atom stereocenters. The van der Waals surface area contributed by atoms with Gasteiger partial charge in [-0.15, -0.1) is 0 Å². The van der Waals surface area contributed by atoms with Crippen LogP contribution in [0.5, 0.6) is 0 Å². The van der Waals surface area contributed by atoms with Gasteiger partial charge < -0.3 is 15.1 Å². The van der Waals surface area contributed by atoms with Crippen LogP contribution in [0.3, 0.4) is 0 Å². The summed E-state index contributed by atoms with van der Waals surface area (Å²) in [6.07, 6.45) is 1.44. The smallest absolute Gasteiger partial charge is 0.291 e. The number of carbonyl (C=O) groups excluding carboxylic acids is 2. The summed E-state index contributed by atoms with van der Waals surface area (Å²) >= 11 is 7.97. The lowest BCUT2D eigenvalue weighted by Gasteiger charge is -2.09. The van der Waals surface area contributed by atoms with Crippen molar-refractivity contribution in [3.05, 3.63) is 80.8 Å². The average Bonchev–Trinajstić information content (AvgIpc) is 3.11. The molecule has 0 aliphatic rings. The summed E-state index contributed by atoms with van der Waals surface area (Å²) in [5.74, 6) is -0.333. The Labute approximate surface area is 162 Å². The van der Waals surface area contributed by atoms with Crippen LogP contribution in [0.25, 0.3) is 0 Å². The van der Waals surface area contributed by atoms with Crippen LogP contribution in [-0.2, 0) is 0 Å². The van der Waals surface area contributed by atoms with Crippen LogP contribution in [0.4, 0.5) is 11.4 Å². The fourth-order valence-electron chi connectivity index (χ4n) is 2.11. The van der Waals surface area contributed by atoms with E-state index in [1.165, 1.54) is 6.26 Å². The molecule has 0 aliphatic heterocycles. The van der Waals surface area contributed by atoms with Crippen molar-refractivity contribution >= 4 is 57.4 Å². The Hall–Kier alpha value is -2.32. The molecule has 25 heavy (non-hydrogen) atoms. The zero-order valence-electron chi connectivity index (χ0n) is 12.8. The predicted molar refractivity (Wildman–Crippen MR) is 105 cm³/mol. The molecule has 5 nitrogen and oxygen atoms in total. The summed E-state index contributed by atoms with van der Waals surface area (Å²) in [4.78, 5) is 24.2. The van der Waals surface area contributed by atoms with Gasteiger partial charge in [0.05, 0.1) is 11.8 Å². The molecule has 0 aliphatic carbocycles. The van der Waals surface area contributed by atoms with Crippen molar-refractivity contribution in [3.63, 3.8) is 0 Å². The predicted octanol–water partition coefficient (Wildman–Crippen LogP) is 5.04. The molecule has 0 saturated heterocycles. The zero-order valence-corrected chi connectivity index (χ0v) is 15.7. The molecule has 0 spiro atoms. The third-order valence-corrected chi connectivity index (χ3v) is 4.45. The van der Waals surface area contributed by atoms with Gasteiger partial charge in [0, 0.05) is 20.0 Å². The van der Waals surface area contributed by atoms with E-state index < -0.39 is 0 Å². The first kappa shape index (κ1) is 17.5. The molecule has 3 rings (SSSR count). The van der Waals surface area contributed by atoms with Crippen molar-refractivity contribution in [1.82, 2.24) is 0 Å². The molecule has 0 radical (unpaired) electrons. The summed E-state index contributed by atoms with van der Waals surface area (Å²) in [5.41, 5.74) is 1.76. The van der Waals surface area contributed by atoms with Gasteiger partial charge in [-0.05, 0) is 77.2 Å². The van der Waals surface area contributed by atoms with Gasteiger partial charge in [0.25, 0.3) is 11.8 Å². The lowest BCUT2D eigenvalue weighted by Crippen LogP contribution is -2.14. The second-order valence-electron chi connectivity index (χ2n) is 5.09. The van der Waals surface area contributed by atoms with Crippen molar-refractivity contribution in [3.8, 4) is 0 Å². The van der Waals surface area contributed by atoms with Crippen LogP contribution >= 0.6 is 34.2 Å². The number of anilines is 2. The van der Waals surface area contributed by atoms with Crippen molar-refractivity contribution < 1.29 is 14.0 Å². The van der Waals surface area contributed by atoms with Crippen molar-refractivity contribution in [2.24, 2.45) is 0 Å². The highest BCUT2D eigenvalue weighted by atomic mass is 127. The van der Waals surface area contributed by atoms with Crippen molar-refractivity contribution in [2.45, 2.75) is 0 Å². The van der Waals surface area contributed by atoms with Crippen LogP contribution in [0, 0.1) is 3.57 Å². The first-order valence-corrected chi connectivity index (χ1v) is 8.70. The van der Waals surface area contributed by atoms with E-state index in [0.29, 0.717) is 22.0 Å². The molecular weight excluding hydrogens is 455 g/mol. The maximum atomic E-state index is 12.3. The third kappa shape index (κ3) is 4.40. The van der Waals surface area contributed by atoms with Gasteiger partial charge in [-0.3, -0.25) is 9.59 Å². The Balaban J connectivity index is 1.66. The molecule has 2 N–H and O–H groups in total. The summed E-state index contributed by atoms with van der Waals surface area (Å²) in [7, 11) is 0. The second-order valence-corrected chi connectivity index (χ2v) is 6.69. The maximum absolute atomic E-state index is 12.3. The Morgan fingerprint density at radius 1 is 0.920 bits per heavy atom. The van der Waals surface area contributed by atoms with E-state index in [2.05, 4.69) is 33.2 Å². The number of furan rings is 1. The highest BCUT2D eigenvalue weighted by molar-refractivity contribution is 14.1. The molecule has 7 heteroatoms. The number of benzene rings is 2. The number of halogens is 2. The van der Waals surface area contributed by atoms with E-state index in [0.717, 1.165) is 3.57 Å². The van der Waals surface area contributed by atoms with E-state index in [9.17, 15) is 9.59 Å². The number of hydrogen-bond donors (Lipinski definition) is 2. The summed E-state index contributed by atoms with van der Waals surface area (Å²) in [6.45, 7) is 0. The highest BCUT2D eigenvalue weighted by Gasteiger charge is 2.11. The summed E-state index contributed by atoms with van der Waals surface area (Å²) in [6, 6.07) is 15.1. The number of carbonyl (C=O) groups is 2. The Bertz CT molecular complexity index is 909. The summed E-state index contributed by atoms with van der Waals surface area (Å²) < 4.78 is 5.80. The normalized spacial score (nSPS) is 10.3. The first-order chi connectivity index (χ1) is 12.0. The molecule has 0 unspecified atom stereocenters. The lowest BCUT2D eigenvalue weighted by atomic mass is 10.2. The van der Waals surface area contributed by atoms with Crippen molar-refractivity contribution in [1.29, 1.82) is 0 Å². The molecule has 1 heterocycles. The lowest BCUT2D eigenvalue weighted by molar-refractivity contribution is 0.0994. The standard InChI is InChI=1S/C18H12ClIN2O3/c19-11-3-8-14(15(20)10-11)17(23)21-12-4-6-13(7-5-12)22-18(24)16-2-1-9-25-16/h1-10H,(H,21,23)(H,22,24). The van der Waals surface area contributed by atoms with E-state index in [1.54, 1.807) is 54.6 Å². The van der Waals surface area contributed by atoms with Gasteiger partial charge in [0.15, 0.2) is 5.76 Å². The minimum Gasteiger partial charge on any atom is -0.459 e. The van der Waals surface area contributed by atoms with E-state index in [1.807, 2.05) is 0 Å². The monoisotopic (exact) mass is 466 g/mol. The van der Waals surface area contributed by atoms with Gasteiger partial charge in [0.1, 0.15) is 0 Å². The van der Waals surface area contributed by atoms with Crippen LogP contribution in [0.15, 0.2) is 65.3 Å². The number of nitrogens with one attached hydrogen (secondary N) is 2. The molecule has 0 saturated carbocycles. The molecule has 0 bridgehead atoms. The Morgan fingerprint density at radius 2 is 1.56 bits per heavy atom. The topological polar surface area (TPSA) is 71.3 Å². The molecule has 2 amide bonds. The van der Waals surface area contributed by atoms with Gasteiger partial charge in [-0.2, -0.15) is 0 Å². The fourth-order valence-corrected chi connectivity index (χ4v) is 3.23. The van der Waals surface area contributed by atoms with E-state index in [4.69, 9.17) is 16.0 Å². The molecule has 126 valence electrons. The SMILES string of the molecule is O=C(Nc1ccc(NC(=O)c2ccc(Cl)cc2I)cc1)c1ccco1. The van der Waals surface area contributed by atoms with Crippen LogP contribution in [-0.4, -0.2) is 11.8 Å². The van der Waals surface area contributed by atoms with E-state index in [-0.39, 0.29) is 17.6 Å². The van der Waals surface area contributed by atoms with Gasteiger partial charge in [-0.25, -0.2) is 0 Å².